The summed E-state index contributed by atoms with van der Waals surface area (Å²) in [5.41, 5.74) is 2.71. The van der Waals surface area contributed by atoms with Crippen molar-refractivity contribution in [3.05, 3.63) is 100 Å². The fourth-order valence-corrected chi connectivity index (χ4v) is 3.03. The van der Waals surface area contributed by atoms with Crippen LogP contribution in [-0.4, -0.2) is 19.0 Å². The van der Waals surface area contributed by atoms with Gasteiger partial charge in [0, 0.05) is 10.6 Å². The lowest BCUT2D eigenvalue weighted by molar-refractivity contribution is -0.129. The average molecular weight is 420 g/mol. The highest BCUT2D eigenvalue weighted by atomic mass is 35.5. The Hall–Kier alpha value is -3.57. The molecule has 0 saturated heterocycles. The van der Waals surface area contributed by atoms with Crippen LogP contribution in [-0.2, 0) is 16.1 Å². The Balaban J connectivity index is 1.53. The summed E-state index contributed by atoms with van der Waals surface area (Å²) in [6, 6.07) is 22.1. The van der Waals surface area contributed by atoms with Crippen molar-refractivity contribution in [2.24, 2.45) is 4.99 Å². The molecule has 0 unspecified atom stereocenters. The summed E-state index contributed by atoms with van der Waals surface area (Å²) in [5, 5.41) is 0.678. The van der Waals surface area contributed by atoms with E-state index in [1.54, 1.807) is 25.3 Å². The number of hydrogen-bond donors (Lipinski definition) is 0. The van der Waals surface area contributed by atoms with Crippen LogP contribution in [0, 0.1) is 0 Å². The molecule has 0 aliphatic carbocycles. The van der Waals surface area contributed by atoms with Crippen molar-refractivity contribution < 1.29 is 19.0 Å². The molecule has 3 aromatic rings. The third-order valence-corrected chi connectivity index (χ3v) is 4.69. The minimum absolute atomic E-state index is 0.228. The zero-order valence-corrected chi connectivity index (χ0v) is 16.9. The Bertz CT molecular complexity index is 1120. The quantitative estimate of drug-likeness (QED) is 0.403. The zero-order valence-electron chi connectivity index (χ0n) is 16.2. The van der Waals surface area contributed by atoms with E-state index >= 15 is 0 Å². The van der Waals surface area contributed by atoms with E-state index in [1.807, 2.05) is 60.7 Å². The van der Waals surface area contributed by atoms with Crippen molar-refractivity contribution in [2.75, 3.05) is 7.11 Å². The van der Waals surface area contributed by atoms with Gasteiger partial charge in [-0.05, 0) is 53.6 Å². The molecule has 0 N–H and O–H groups in total. The highest BCUT2D eigenvalue weighted by molar-refractivity contribution is 6.30. The Morgan fingerprint density at radius 1 is 1.00 bits per heavy atom. The normalized spacial score (nSPS) is 14.4. The van der Waals surface area contributed by atoms with E-state index in [-0.39, 0.29) is 5.70 Å². The standard InChI is InChI=1S/C24H18ClNO4/c1-28-22-14-17(9-12-21(22)29-15-16-7-10-19(25)11-8-16)13-20-24(27)30-23(26-20)18-5-3-2-4-6-18/h2-14H,15H2,1H3/b20-13-. The molecule has 30 heavy (non-hydrogen) atoms. The monoisotopic (exact) mass is 419 g/mol. The molecule has 3 aromatic carbocycles. The van der Waals surface area contributed by atoms with Gasteiger partial charge in [0.05, 0.1) is 7.11 Å². The first kappa shape index (κ1) is 19.7. The van der Waals surface area contributed by atoms with Crippen molar-refractivity contribution in [3.63, 3.8) is 0 Å². The van der Waals surface area contributed by atoms with Crippen LogP contribution >= 0.6 is 11.6 Å². The number of carbonyl (C=O) groups excluding carboxylic acids is 1. The minimum Gasteiger partial charge on any atom is -0.493 e. The third-order valence-electron chi connectivity index (χ3n) is 4.44. The molecular weight excluding hydrogens is 402 g/mol. The van der Waals surface area contributed by atoms with E-state index in [2.05, 4.69) is 4.99 Å². The number of methoxy groups -OCH3 is 1. The van der Waals surface area contributed by atoms with E-state index in [0.29, 0.717) is 29.0 Å². The molecule has 0 radical (unpaired) electrons. The summed E-state index contributed by atoms with van der Waals surface area (Å²) >= 11 is 5.91. The Morgan fingerprint density at radius 2 is 1.77 bits per heavy atom. The Labute approximate surface area is 179 Å². The SMILES string of the molecule is COc1cc(/C=C2\N=C(c3ccccc3)OC2=O)ccc1OCc1ccc(Cl)cc1. The van der Waals surface area contributed by atoms with Crippen LogP contribution in [0.4, 0.5) is 0 Å². The van der Waals surface area contributed by atoms with Crippen molar-refractivity contribution in [1.29, 1.82) is 0 Å². The lowest BCUT2D eigenvalue weighted by Crippen LogP contribution is -2.04. The summed E-state index contributed by atoms with van der Waals surface area (Å²) in [6.45, 7) is 0.380. The smallest absolute Gasteiger partial charge is 0.363 e. The predicted octanol–water partition coefficient (Wildman–Crippen LogP) is 5.27. The molecule has 0 bridgehead atoms. The van der Waals surface area contributed by atoms with Crippen LogP contribution < -0.4 is 9.47 Å². The highest BCUT2D eigenvalue weighted by Gasteiger charge is 2.24. The number of aliphatic imine (C=N–C) groups is 1. The first-order valence-corrected chi connectivity index (χ1v) is 9.63. The minimum atomic E-state index is -0.490. The maximum absolute atomic E-state index is 12.2. The number of halogens is 1. The molecule has 1 aliphatic rings. The Kier molecular flexibility index (Phi) is 5.82. The first-order valence-electron chi connectivity index (χ1n) is 9.25. The number of hydrogen-bond acceptors (Lipinski definition) is 5. The molecule has 6 heteroatoms. The molecular formula is C24H18ClNO4. The molecule has 0 amide bonds. The van der Waals surface area contributed by atoms with Crippen LogP contribution in [0.25, 0.3) is 6.08 Å². The van der Waals surface area contributed by atoms with Gasteiger partial charge in [-0.2, -0.15) is 0 Å². The van der Waals surface area contributed by atoms with E-state index < -0.39 is 5.97 Å². The third kappa shape index (κ3) is 4.53. The first-order chi connectivity index (χ1) is 14.6. The topological polar surface area (TPSA) is 57.1 Å². The van der Waals surface area contributed by atoms with Gasteiger partial charge < -0.3 is 14.2 Å². The van der Waals surface area contributed by atoms with Gasteiger partial charge in [0.15, 0.2) is 17.2 Å². The largest absolute Gasteiger partial charge is 0.493 e. The maximum Gasteiger partial charge on any atom is 0.363 e. The van der Waals surface area contributed by atoms with E-state index in [1.165, 1.54) is 0 Å². The highest BCUT2D eigenvalue weighted by Crippen LogP contribution is 2.30. The van der Waals surface area contributed by atoms with Crippen molar-refractivity contribution in [2.45, 2.75) is 6.61 Å². The van der Waals surface area contributed by atoms with Gasteiger partial charge in [-0.1, -0.05) is 48.0 Å². The van der Waals surface area contributed by atoms with Gasteiger partial charge >= 0.3 is 5.97 Å². The number of cyclic esters (lactones) is 1. The number of ether oxygens (including phenoxy) is 3. The Morgan fingerprint density at radius 3 is 2.50 bits per heavy atom. The van der Waals surface area contributed by atoms with E-state index in [9.17, 15) is 4.79 Å². The summed E-state index contributed by atoms with van der Waals surface area (Å²) in [6.07, 6.45) is 1.66. The molecule has 0 spiro atoms. The molecule has 0 saturated carbocycles. The van der Waals surface area contributed by atoms with E-state index in [4.69, 9.17) is 25.8 Å². The number of nitrogens with zero attached hydrogens (tertiary/aromatic N) is 1. The number of esters is 1. The van der Waals surface area contributed by atoms with Crippen LogP contribution in [0.15, 0.2) is 83.5 Å². The fraction of sp³-hybridized carbons (Fsp3) is 0.0833. The van der Waals surface area contributed by atoms with Crippen LogP contribution in [0.3, 0.4) is 0 Å². The lowest BCUT2D eigenvalue weighted by atomic mass is 10.1. The van der Waals surface area contributed by atoms with Crippen LogP contribution in [0.1, 0.15) is 16.7 Å². The van der Waals surface area contributed by atoms with Gasteiger partial charge in [-0.3, -0.25) is 0 Å². The molecule has 0 aromatic heterocycles. The molecule has 0 atom stereocenters. The zero-order chi connectivity index (χ0) is 20.9. The molecule has 5 nitrogen and oxygen atoms in total. The average Bonchev–Trinajstić information content (AvgIpc) is 3.14. The molecule has 4 rings (SSSR count). The maximum atomic E-state index is 12.2. The second-order valence-corrected chi connectivity index (χ2v) is 6.96. The van der Waals surface area contributed by atoms with E-state index in [0.717, 1.165) is 16.7 Å². The van der Waals surface area contributed by atoms with Gasteiger partial charge in [-0.15, -0.1) is 0 Å². The van der Waals surface area contributed by atoms with Crippen LogP contribution in [0.2, 0.25) is 5.02 Å². The van der Waals surface area contributed by atoms with Crippen LogP contribution in [0.5, 0.6) is 11.5 Å². The molecule has 0 fully saturated rings. The van der Waals surface area contributed by atoms with Gasteiger partial charge in [0.1, 0.15) is 6.61 Å². The summed E-state index contributed by atoms with van der Waals surface area (Å²) in [4.78, 5) is 16.5. The van der Waals surface area contributed by atoms with Crippen molar-refractivity contribution in [1.82, 2.24) is 0 Å². The summed E-state index contributed by atoms with van der Waals surface area (Å²) in [7, 11) is 1.57. The number of rotatable bonds is 6. The fourth-order valence-electron chi connectivity index (χ4n) is 2.91. The molecule has 1 heterocycles. The molecule has 150 valence electrons. The van der Waals surface area contributed by atoms with Crippen molar-refractivity contribution in [3.8, 4) is 11.5 Å². The van der Waals surface area contributed by atoms with Gasteiger partial charge in [0.25, 0.3) is 0 Å². The summed E-state index contributed by atoms with van der Waals surface area (Å²) in [5.74, 6) is 0.951. The predicted molar refractivity (Wildman–Crippen MR) is 116 cm³/mol. The number of carbonyl (C=O) groups is 1. The van der Waals surface area contributed by atoms with Gasteiger partial charge in [-0.25, -0.2) is 9.79 Å². The second-order valence-electron chi connectivity index (χ2n) is 6.53. The molecule has 1 aliphatic heterocycles. The summed E-state index contributed by atoms with van der Waals surface area (Å²) < 4.78 is 16.6. The lowest BCUT2D eigenvalue weighted by Gasteiger charge is -2.11. The van der Waals surface area contributed by atoms with Crippen molar-refractivity contribution >= 4 is 29.5 Å². The number of benzene rings is 3. The second kappa shape index (κ2) is 8.84. The van der Waals surface area contributed by atoms with Gasteiger partial charge in [0.2, 0.25) is 5.90 Å².